The third-order valence-corrected chi connectivity index (χ3v) is 2.61. The first-order chi connectivity index (χ1) is 9.27. The van der Waals surface area contributed by atoms with E-state index in [9.17, 15) is 19.2 Å². The van der Waals surface area contributed by atoms with Gasteiger partial charge in [0.2, 0.25) is 11.8 Å². The van der Waals surface area contributed by atoms with E-state index < -0.39 is 42.4 Å². The van der Waals surface area contributed by atoms with E-state index >= 15 is 0 Å². The molecule has 0 aromatic carbocycles. The van der Waals surface area contributed by atoms with Crippen LogP contribution in [0.15, 0.2) is 0 Å². The Morgan fingerprint density at radius 2 is 1.76 bits per heavy atom. The number of rotatable bonds is 9. The molecule has 0 saturated carbocycles. The molecule has 0 spiro atoms. The van der Waals surface area contributed by atoms with Crippen LogP contribution in [0.5, 0.6) is 0 Å². The summed E-state index contributed by atoms with van der Waals surface area (Å²) in [4.78, 5) is 43.7. The number of carbonyl (C=O) groups is 4. The second-order valence-corrected chi connectivity index (χ2v) is 4.26. The Kier molecular flexibility index (Phi) is 12.5. The molecule has 0 rings (SSSR count). The minimum absolute atomic E-state index is 0. The van der Waals surface area contributed by atoms with Crippen LogP contribution < -0.4 is 16.4 Å². The molecular weight excluding hydrogens is 499 g/mol. The van der Waals surface area contributed by atoms with Crippen LogP contribution in [0.25, 0.3) is 0 Å². The van der Waals surface area contributed by atoms with Crippen molar-refractivity contribution >= 4 is 62.6 Å². The number of nitrogens with two attached hydrogens (primary N) is 1. The SMILES string of the molecule is N[C@@H](CCC(=O)N[C@@H](CS)C(=O)NCC(=O)O)C(=O)O.[BiH3]. The maximum absolute atomic E-state index is 11.5. The van der Waals surface area contributed by atoms with Gasteiger partial charge in [0, 0.05) is 12.2 Å². The number of carboxylic acid groups (broad SMARTS) is 2. The number of carbonyl (C=O) groups excluding carboxylic acids is 2. The zero-order chi connectivity index (χ0) is 15.7. The van der Waals surface area contributed by atoms with Crippen LogP contribution in [-0.2, 0) is 19.2 Å². The Balaban J connectivity index is 0. The molecule has 2 atom stereocenters. The Morgan fingerprint density at radius 3 is 2.19 bits per heavy atom. The summed E-state index contributed by atoms with van der Waals surface area (Å²) in [5.74, 6) is -3.70. The molecule has 0 unspecified atom stereocenters. The number of amides is 2. The summed E-state index contributed by atoms with van der Waals surface area (Å²) >= 11 is 3.87. The predicted molar refractivity (Wildman–Crippen MR) is 81.2 cm³/mol. The number of hydrogen-bond acceptors (Lipinski definition) is 6. The van der Waals surface area contributed by atoms with Gasteiger partial charge in [-0.1, -0.05) is 0 Å². The van der Waals surface area contributed by atoms with Gasteiger partial charge in [0.1, 0.15) is 18.6 Å². The molecule has 0 saturated heterocycles. The van der Waals surface area contributed by atoms with Crippen LogP contribution in [0.4, 0.5) is 0 Å². The summed E-state index contributed by atoms with van der Waals surface area (Å²) < 4.78 is 0. The van der Waals surface area contributed by atoms with Crippen LogP contribution >= 0.6 is 12.6 Å². The first-order valence-corrected chi connectivity index (χ1v) is 6.29. The second kappa shape index (κ2) is 11.7. The van der Waals surface area contributed by atoms with Gasteiger partial charge in [-0.3, -0.25) is 19.2 Å². The summed E-state index contributed by atoms with van der Waals surface area (Å²) in [5, 5.41) is 21.4. The van der Waals surface area contributed by atoms with Gasteiger partial charge in [-0.15, -0.1) is 0 Å². The Labute approximate surface area is 145 Å². The molecule has 0 radical (unpaired) electrons. The monoisotopic (exact) mass is 519 g/mol. The van der Waals surface area contributed by atoms with E-state index in [1.807, 2.05) is 0 Å². The van der Waals surface area contributed by atoms with Crippen molar-refractivity contribution in [2.45, 2.75) is 24.9 Å². The van der Waals surface area contributed by atoms with E-state index in [2.05, 4.69) is 23.3 Å². The van der Waals surface area contributed by atoms with E-state index in [0.717, 1.165) is 0 Å². The van der Waals surface area contributed by atoms with Crippen molar-refractivity contribution < 1.29 is 29.4 Å². The summed E-state index contributed by atoms with van der Waals surface area (Å²) in [6.45, 7) is -0.567. The molecule has 0 aromatic heterocycles. The first kappa shape index (κ1) is 22.4. The van der Waals surface area contributed by atoms with Crippen molar-refractivity contribution in [1.29, 1.82) is 0 Å². The zero-order valence-electron chi connectivity index (χ0n) is 11.2. The van der Waals surface area contributed by atoms with E-state index in [0.29, 0.717) is 0 Å². The van der Waals surface area contributed by atoms with E-state index in [4.69, 9.17) is 15.9 Å². The van der Waals surface area contributed by atoms with Crippen LogP contribution in [-0.4, -0.2) is 84.6 Å². The molecule has 21 heavy (non-hydrogen) atoms. The Morgan fingerprint density at radius 1 is 1.19 bits per heavy atom. The Hall–Kier alpha value is -0.927. The fourth-order valence-electron chi connectivity index (χ4n) is 1.16. The van der Waals surface area contributed by atoms with Gasteiger partial charge in [-0.2, -0.15) is 12.6 Å². The molecule has 0 heterocycles. The normalized spacial score (nSPS) is 12.5. The summed E-state index contributed by atoms with van der Waals surface area (Å²) in [6.07, 6.45) is -0.235. The number of hydrogen-bond donors (Lipinski definition) is 6. The van der Waals surface area contributed by atoms with Gasteiger partial charge in [0.15, 0.2) is 0 Å². The number of carboxylic acids is 2. The third kappa shape index (κ3) is 10.4. The summed E-state index contributed by atoms with van der Waals surface area (Å²) in [6, 6.07) is -2.15. The molecule has 0 aliphatic carbocycles. The molecule has 0 aliphatic heterocycles. The summed E-state index contributed by atoms with van der Waals surface area (Å²) in [5.41, 5.74) is 5.23. The fraction of sp³-hybridized carbons (Fsp3) is 0.600. The zero-order valence-corrected chi connectivity index (χ0v) is 17.6. The van der Waals surface area contributed by atoms with Gasteiger partial charge in [0.25, 0.3) is 0 Å². The topological polar surface area (TPSA) is 159 Å². The molecule has 122 valence electrons. The van der Waals surface area contributed by atoms with Crippen LogP contribution in [0.1, 0.15) is 12.8 Å². The molecule has 6 N–H and O–H groups in total. The molecule has 0 fully saturated rings. The predicted octanol–water partition coefficient (Wildman–Crippen LogP) is -3.39. The van der Waals surface area contributed by atoms with Gasteiger partial charge >= 0.3 is 38.1 Å². The van der Waals surface area contributed by atoms with Crippen LogP contribution in [0, 0.1) is 0 Å². The van der Waals surface area contributed by atoms with E-state index in [1.54, 1.807) is 0 Å². The molecular formula is C10H20BiN3O6S. The average Bonchev–Trinajstić information content (AvgIpc) is 2.38. The van der Waals surface area contributed by atoms with Crippen molar-refractivity contribution in [1.82, 2.24) is 10.6 Å². The van der Waals surface area contributed by atoms with Gasteiger partial charge in [-0.05, 0) is 6.42 Å². The number of aliphatic carboxylic acids is 2. The number of thiol groups is 1. The number of nitrogens with one attached hydrogen (secondary N) is 2. The van der Waals surface area contributed by atoms with Crippen molar-refractivity contribution in [2.75, 3.05) is 12.3 Å². The second-order valence-electron chi connectivity index (χ2n) is 3.90. The van der Waals surface area contributed by atoms with Crippen molar-refractivity contribution in [3.8, 4) is 0 Å². The molecule has 9 nitrogen and oxygen atoms in total. The quantitative estimate of drug-likeness (QED) is 0.137. The van der Waals surface area contributed by atoms with Crippen molar-refractivity contribution in [3.63, 3.8) is 0 Å². The molecule has 0 bridgehead atoms. The molecule has 0 aliphatic rings. The van der Waals surface area contributed by atoms with Crippen LogP contribution in [0.3, 0.4) is 0 Å². The average molecular weight is 519 g/mol. The summed E-state index contributed by atoms with van der Waals surface area (Å²) in [7, 11) is 0. The van der Waals surface area contributed by atoms with Crippen LogP contribution in [0.2, 0.25) is 0 Å². The minimum atomic E-state index is -1.22. The van der Waals surface area contributed by atoms with Gasteiger partial charge in [0.05, 0.1) is 0 Å². The third-order valence-electron chi connectivity index (χ3n) is 2.25. The van der Waals surface area contributed by atoms with Crippen molar-refractivity contribution in [3.05, 3.63) is 0 Å². The Bertz CT molecular complexity index is 395. The van der Waals surface area contributed by atoms with Gasteiger partial charge < -0.3 is 26.6 Å². The fourth-order valence-corrected chi connectivity index (χ4v) is 1.41. The van der Waals surface area contributed by atoms with E-state index in [1.165, 1.54) is 0 Å². The molecule has 2 amide bonds. The maximum atomic E-state index is 11.5. The first-order valence-electron chi connectivity index (χ1n) is 5.66. The van der Waals surface area contributed by atoms with Crippen molar-refractivity contribution in [2.24, 2.45) is 5.73 Å². The van der Waals surface area contributed by atoms with Gasteiger partial charge in [-0.25, -0.2) is 0 Å². The standard InChI is InChI=1S/C10H17N3O6S.Bi.3H/c11-5(10(18)19)1-2-7(14)13-6(4-20)9(17)12-3-8(15)16;;;;/h5-6,20H,1-4,11H2,(H,12,17)(H,13,14)(H,15,16)(H,18,19);;;;/t5-,6-;;;;/m0..../s1. The van der Waals surface area contributed by atoms with E-state index in [-0.39, 0.29) is 44.8 Å². The molecule has 0 aromatic rings. The molecule has 11 heteroatoms.